The minimum absolute atomic E-state index is 0.0695. The Morgan fingerprint density at radius 1 is 0.889 bits per heavy atom. The van der Waals surface area contributed by atoms with Gasteiger partial charge >= 0.3 is 0 Å². The van der Waals surface area contributed by atoms with E-state index in [1.54, 1.807) is 12.1 Å². The molecule has 0 aliphatic heterocycles. The van der Waals surface area contributed by atoms with Gasteiger partial charge in [0.15, 0.2) is 5.96 Å². The van der Waals surface area contributed by atoms with E-state index >= 15 is 0 Å². The number of aliphatic imine (C=N–C) groups is 2. The zero-order chi connectivity index (χ0) is 27.0. The predicted molar refractivity (Wildman–Crippen MR) is 151 cm³/mol. The molecule has 3 rings (SSSR count). The number of benzene rings is 2. The summed E-state index contributed by atoms with van der Waals surface area (Å²) >= 11 is 0. The van der Waals surface area contributed by atoms with Crippen LogP contribution < -0.4 is 33.6 Å². The molecule has 2 aromatic carbocycles. The van der Waals surface area contributed by atoms with Gasteiger partial charge in [0.05, 0.1) is 19.4 Å². The van der Waals surface area contributed by atoms with Gasteiger partial charge in [-0.15, -0.1) is 0 Å². The molecule has 10 nitrogen and oxygen atoms in total. The van der Waals surface area contributed by atoms with Crippen molar-refractivity contribution >= 4 is 36.4 Å². The molecule has 1 saturated carbocycles. The van der Waals surface area contributed by atoms with E-state index in [1.807, 2.05) is 43.4 Å². The van der Waals surface area contributed by atoms with Gasteiger partial charge in [0.1, 0.15) is 6.29 Å². The zero-order valence-electron chi connectivity index (χ0n) is 21.4. The third kappa shape index (κ3) is 15.8. The second-order valence-corrected chi connectivity index (χ2v) is 7.67. The highest BCUT2D eigenvalue weighted by Crippen LogP contribution is 2.21. The van der Waals surface area contributed by atoms with Gasteiger partial charge in [0, 0.05) is 24.3 Å². The van der Waals surface area contributed by atoms with Crippen LogP contribution in [0.5, 0.6) is 0 Å². The van der Waals surface area contributed by atoms with Gasteiger partial charge in [0.2, 0.25) is 6.41 Å². The van der Waals surface area contributed by atoms with Gasteiger partial charge in [0.25, 0.3) is 0 Å². The number of nitrogens with two attached hydrogens (primary N) is 4. The van der Waals surface area contributed by atoms with E-state index in [0.717, 1.165) is 41.6 Å². The van der Waals surface area contributed by atoms with Gasteiger partial charge in [-0.05, 0) is 55.3 Å². The van der Waals surface area contributed by atoms with E-state index in [9.17, 15) is 9.59 Å². The summed E-state index contributed by atoms with van der Waals surface area (Å²) in [5.41, 5.74) is 24.0. The Hall–Kier alpha value is -3.92. The lowest BCUT2D eigenvalue weighted by atomic mass is 9.91. The van der Waals surface area contributed by atoms with E-state index in [1.165, 1.54) is 32.6 Å². The molecule has 0 radical (unpaired) electrons. The zero-order valence-corrected chi connectivity index (χ0v) is 21.4. The predicted octanol–water partition coefficient (Wildman–Crippen LogP) is 2.58. The number of amides is 1. The fourth-order valence-corrected chi connectivity index (χ4v) is 3.16. The third-order valence-corrected chi connectivity index (χ3v) is 5.09. The van der Waals surface area contributed by atoms with Crippen LogP contribution >= 0.6 is 0 Å². The van der Waals surface area contributed by atoms with E-state index in [4.69, 9.17) is 17.2 Å². The lowest BCUT2D eigenvalue weighted by molar-refractivity contribution is -0.111. The first kappa shape index (κ1) is 32.1. The molecule has 36 heavy (non-hydrogen) atoms. The summed E-state index contributed by atoms with van der Waals surface area (Å²) in [4.78, 5) is 28.1. The molecule has 0 spiro atoms. The summed E-state index contributed by atoms with van der Waals surface area (Å²) in [5, 5.41) is 5.58. The summed E-state index contributed by atoms with van der Waals surface area (Å²) in [5.74, 6) is 0.476. The quantitative estimate of drug-likeness (QED) is 0.183. The summed E-state index contributed by atoms with van der Waals surface area (Å²) in [6.45, 7) is 1.10. The number of hydrogen-bond acceptors (Lipinski definition) is 6. The van der Waals surface area contributed by atoms with Crippen molar-refractivity contribution in [2.45, 2.75) is 45.2 Å². The van der Waals surface area contributed by atoms with Crippen molar-refractivity contribution in [3.63, 3.8) is 0 Å². The maximum absolute atomic E-state index is 10.2. The first-order chi connectivity index (χ1) is 17.5. The summed E-state index contributed by atoms with van der Waals surface area (Å²) in [6, 6.07) is 15.3. The molecule has 0 atom stereocenters. The Morgan fingerprint density at radius 2 is 1.42 bits per heavy atom. The number of hydrogen-bond donors (Lipinski definition) is 6. The monoisotopic (exact) mass is 498 g/mol. The SMILES string of the molecule is CN.CNc1ccc(CN=CN)cc1.NC(N)=NCc1ccc(NC=O)cc1.O=CC1CCCCC1. The Kier molecular flexibility index (Phi) is 19.3. The van der Waals surface area contributed by atoms with Crippen LogP contribution in [0.1, 0.15) is 43.2 Å². The fraction of sp³-hybridized carbons (Fsp3) is 0.385. The molecule has 1 amide bonds. The second-order valence-electron chi connectivity index (χ2n) is 7.67. The fourth-order valence-electron chi connectivity index (χ4n) is 3.16. The molecule has 2 aromatic rings. The van der Waals surface area contributed by atoms with Gasteiger partial charge in [-0.25, -0.2) is 4.99 Å². The molecular formula is C26H42N8O2. The number of nitrogens with zero attached hydrogens (tertiary/aromatic N) is 2. The maximum Gasteiger partial charge on any atom is 0.211 e. The number of guanidine groups is 1. The molecule has 0 unspecified atom stereocenters. The number of rotatable bonds is 8. The molecule has 0 aromatic heterocycles. The first-order valence-corrected chi connectivity index (χ1v) is 11.9. The molecule has 10 N–H and O–H groups in total. The number of aldehydes is 1. The highest BCUT2D eigenvalue weighted by Gasteiger charge is 2.10. The van der Waals surface area contributed by atoms with Gasteiger partial charge in [-0.1, -0.05) is 43.5 Å². The number of anilines is 2. The smallest absolute Gasteiger partial charge is 0.211 e. The van der Waals surface area contributed by atoms with Crippen LogP contribution in [0.25, 0.3) is 0 Å². The van der Waals surface area contributed by atoms with Crippen molar-refractivity contribution in [3.05, 3.63) is 59.7 Å². The largest absolute Gasteiger partial charge is 0.390 e. The van der Waals surface area contributed by atoms with E-state index < -0.39 is 0 Å². The highest BCUT2D eigenvalue weighted by molar-refractivity contribution is 5.75. The summed E-state index contributed by atoms with van der Waals surface area (Å²) in [6.07, 6.45) is 9.22. The minimum atomic E-state index is 0.0695. The van der Waals surface area contributed by atoms with Crippen molar-refractivity contribution in [2.24, 2.45) is 38.8 Å². The lowest BCUT2D eigenvalue weighted by Crippen LogP contribution is -2.22. The van der Waals surface area contributed by atoms with Crippen LogP contribution in [0, 0.1) is 5.92 Å². The lowest BCUT2D eigenvalue weighted by Gasteiger charge is -2.14. The maximum atomic E-state index is 10.2. The van der Waals surface area contributed by atoms with Crippen molar-refractivity contribution < 1.29 is 9.59 Å². The summed E-state index contributed by atoms with van der Waals surface area (Å²) in [7, 11) is 3.40. The molecular weight excluding hydrogens is 456 g/mol. The van der Waals surface area contributed by atoms with Crippen molar-refractivity contribution in [3.8, 4) is 0 Å². The van der Waals surface area contributed by atoms with Crippen LogP contribution in [0.2, 0.25) is 0 Å². The van der Waals surface area contributed by atoms with Crippen LogP contribution in [0.15, 0.2) is 58.5 Å². The van der Waals surface area contributed by atoms with E-state index in [-0.39, 0.29) is 5.96 Å². The first-order valence-electron chi connectivity index (χ1n) is 11.9. The van der Waals surface area contributed by atoms with Crippen molar-refractivity contribution in [2.75, 3.05) is 24.7 Å². The van der Waals surface area contributed by atoms with E-state index in [2.05, 4.69) is 26.4 Å². The average molecular weight is 499 g/mol. The standard InChI is InChI=1S/C9H12N4O.C9H13N3.C7H12O.CH5N/c10-9(11)12-5-7-1-3-8(4-2-7)13-6-14;1-11-9-4-2-8(3-5-9)6-12-7-10;8-6-7-4-2-1-3-5-7;1-2/h1-4,6H,5H2,(H,13,14)(H4,10,11,12);2-5,7,11H,6H2,1H3,(H2,10,12);6-7H,1-5H2;2H2,1H3. The van der Waals surface area contributed by atoms with Gasteiger partial charge in [-0.3, -0.25) is 9.79 Å². The number of carbonyl (C=O) groups is 2. The van der Waals surface area contributed by atoms with Crippen molar-refractivity contribution in [1.82, 2.24) is 0 Å². The Balaban J connectivity index is 0.000000508. The highest BCUT2D eigenvalue weighted by atomic mass is 16.1. The van der Waals surface area contributed by atoms with Gasteiger partial charge < -0.3 is 38.4 Å². The van der Waals surface area contributed by atoms with Crippen LogP contribution in [-0.2, 0) is 22.7 Å². The Bertz CT molecular complexity index is 874. The van der Waals surface area contributed by atoms with Crippen molar-refractivity contribution in [1.29, 1.82) is 0 Å². The Morgan fingerprint density at radius 3 is 1.83 bits per heavy atom. The van der Waals surface area contributed by atoms with Crippen LogP contribution in [0.3, 0.4) is 0 Å². The summed E-state index contributed by atoms with van der Waals surface area (Å²) < 4.78 is 0. The molecule has 1 aliphatic carbocycles. The van der Waals surface area contributed by atoms with Gasteiger partial charge in [-0.2, -0.15) is 0 Å². The molecule has 198 valence electrons. The van der Waals surface area contributed by atoms with Crippen LogP contribution in [0.4, 0.5) is 11.4 Å². The molecule has 0 saturated heterocycles. The molecule has 0 bridgehead atoms. The van der Waals surface area contributed by atoms with E-state index in [0.29, 0.717) is 25.4 Å². The minimum Gasteiger partial charge on any atom is -0.390 e. The molecule has 10 heteroatoms. The number of nitrogens with one attached hydrogen (secondary N) is 2. The topological polar surface area (TPSA) is 187 Å². The number of carbonyl (C=O) groups excluding carboxylic acids is 2. The second kappa shape index (κ2) is 21.6. The Labute approximate surface area is 214 Å². The van der Waals surface area contributed by atoms with Crippen LogP contribution in [-0.4, -0.2) is 39.1 Å². The molecule has 1 fully saturated rings. The molecule has 1 aliphatic rings. The third-order valence-electron chi connectivity index (χ3n) is 5.09. The molecule has 0 heterocycles. The average Bonchev–Trinajstić information content (AvgIpc) is 2.94. The normalized spacial score (nSPS) is 12.3.